The third kappa shape index (κ3) is 4.69. The van der Waals surface area contributed by atoms with Crippen LogP contribution in [0.2, 0.25) is 0 Å². The van der Waals surface area contributed by atoms with Gasteiger partial charge in [-0.1, -0.05) is 12.1 Å². The van der Waals surface area contributed by atoms with Gasteiger partial charge in [0.1, 0.15) is 5.75 Å². The van der Waals surface area contributed by atoms with Crippen molar-refractivity contribution in [3.8, 4) is 5.75 Å². The van der Waals surface area contributed by atoms with Gasteiger partial charge in [-0.2, -0.15) is 0 Å². The van der Waals surface area contributed by atoms with E-state index in [0.29, 0.717) is 0 Å². The first-order chi connectivity index (χ1) is 9.89. The summed E-state index contributed by atoms with van der Waals surface area (Å²) in [6, 6.07) is 8.28. The zero-order chi connectivity index (χ0) is 15.5. The smallest absolute Gasteiger partial charge is 0.208 e. The van der Waals surface area contributed by atoms with Crippen molar-refractivity contribution in [3.05, 3.63) is 29.8 Å². The fourth-order valence-corrected chi connectivity index (χ4v) is 3.67. The van der Waals surface area contributed by atoms with Crippen LogP contribution < -0.4 is 9.46 Å². The summed E-state index contributed by atoms with van der Waals surface area (Å²) >= 11 is 0. The number of benzene rings is 1. The predicted octanol–water partition coefficient (Wildman–Crippen LogP) is 1.77. The molecule has 1 aromatic carbocycles. The molecule has 0 saturated carbocycles. The Balaban J connectivity index is 2.06. The summed E-state index contributed by atoms with van der Waals surface area (Å²) in [6.07, 6.45) is 3.12. The van der Waals surface area contributed by atoms with Gasteiger partial charge in [-0.15, -0.1) is 0 Å². The first-order valence-corrected chi connectivity index (χ1v) is 9.13. The Labute approximate surface area is 127 Å². The summed E-state index contributed by atoms with van der Waals surface area (Å²) in [5, 5.41) is 0. The Hall–Kier alpha value is -1.11. The van der Waals surface area contributed by atoms with E-state index in [0.717, 1.165) is 31.7 Å². The highest BCUT2D eigenvalue weighted by Crippen LogP contribution is 2.26. The number of piperidine rings is 1. The van der Waals surface area contributed by atoms with Gasteiger partial charge in [0.15, 0.2) is 0 Å². The maximum absolute atomic E-state index is 11.4. The molecule has 1 fully saturated rings. The summed E-state index contributed by atoms with van der Waals surface area (Å²) in [7, 11) is -1.48. The summed E-state index contributed by atoms with van der Waals surface area (Å²) in [6.45, 7) is 3.88. The van der Waals surface area contributed by atoms with Crippen LogP contribution >= 0.6 is 0 Å². The van der Waals surface area contributed by atoms with E-state index in [2.05, 4.69) is 22.6 Å². The van der Waals surface area contributed by atoms with Gasteiger partial charge in [0, 0.05) is 18.6 Å². The van der Waals surface area contributed by atoms with Gasteiger partial charge in [-0.3, -0.25) is 4.90 Å². The van der Waals surface area contributed by atoms with Crippen molar-refractivity contribution in [2.45, 2.75) is 31.8 Å². The van der Waals surface area contributed by atoms with Crippen molar-refractivity contribution in [1.29, 1.82) is 0 Å². The van der Waals surface area contributed by atoms with Crippen molar-refractivity contribution in [1.82, 2.24) is 9.62 Å². The second kappa shape index (κ2) is 6.77. The Morgan fingerprint density at radius 1 is 1.43 bits per heavy atom. The highest BCUT2D eigenvalue weighted by Gasteiger charge is 2.26. The molecule has 1 aliphatic rings. The predicted molar refractivity (Wildman–Crippen MR) is 84.0 cm³/mol. The minimum atomic E-state index is -3.14. The zero-order valence-corrected chi connectivity index (χ0v) is 13.7. The lowest BCUT2D eigenvalue weighted by atomic mass is 10.0. The molecule has 118 valence electrons. The average Bonchev–Trinajstić information content (AvgIpc) is 2.45. The zero-order valence-electron chi connectivity index (χ0n) is 12.9. The van der Waals surface area contributed by atoms with Crippen LogP contribution in [-0.4, -0.2) is 45.8 Å². The number of methoxy groups -OCH3 is 1. The molecule has 5 nitrogen and oxygen atoms in total. The molecule has 2 rings (SSSR count). The van der Waals surface area contributed by atoms with Crippen molar-refractivity contribution in [3.63, 3.8) is 0 Å². The second-order valence-electron chi connectivity index (χ2n) is 5.68. The Kier molecular flexibility index (Phi) is 5.24. The summed E-state index contributed by atoms with van der Waals surface area (Å²) in [5.74, 6) is 0.849. The molecule has 0 aromatic heterocycles. The van der Waals surface area contributed by atoms with Gasteiger partial charge in [-0.25, -0.2) is 13.1 Å². The Morgan fingerprint density at radius 2 is 2.19 bits per heavy atom. The second-order valence-corrected chi connectivity index (χ2v) is 7.46. The Bertz CT molecular complexity index is 574. The molecular weight excluding hydrogens is 288 g/mol. The molecule has 0 amide bonds. The van der Waals surface area contributed by atoms with Crippen LogP contribution in [-0.2, 0) is 10.0 Å². The minimum absolute atomic E-state index is 0.00167. The normalized spacial score (nSPS) is 22.0. The van der Waals surface area contributed by atoms with Crippen molar-refractivity contribution >= 4 is 10.0 Å². The lowest BCUT2D eigenvalue weighted by Gasteiger charge is -2.37. The van der Waals surface area contributed by atoms with Gasteiger partial charge in [0.25, 0.3) is 0 Å². The van der Waals surface area contributed by atoms with E-state index in [1.54, 1.807) is 7.11 Å². The number of ether oxygens (including phenoxy) is 1. The first kappa shape index (κ1) is 16.3. The van der Waals surface area contributed by atoms with E-state index in [-0.39, 0.29) is 12.1 Å². The average molecular weight is 312 g/mol. The molecular formula is C15H24N2O3S. The standard InChI is InChI=1S/C15H24N2O3S/c1-12(13-6-4-8-15(10-13)20-2)17-9-5-7-14(11-17)16-21(3,18)19/h4,6,8,10,12,14,16H,5,7,9,11H2,1-3H3. The topological polar surface area (TPSA) is 58.6 Å². The van der Waals surface area contributed by atoms with Crippen LogP contribution in [0.25, 0.3) is 0 Å². The largest absolute Gasteiger partial charge is 0.497 e. The number of hydrogen-bond donors (Lipinski definition) is 1. The molecule has 21 heavy (non-hydrogen) atoms. The van der Waals surface area contributed by atoms with Crippen LogP contribution in [0.4, 0.5) is 0 Å². The SMILES string of the molecule is COc1cccc(C(C)N2CCCC(NS(C)(=O)=O)C2)c1. The van der Waals surface area contributed by atoms with Gasteiger partial charge in [-0.05, 0) is 44.0 Å². The number of nitrogens with one attached hydrogen (secondary N) is 1. The molecule has 0 spiro atoms. The Morgan fingerprint density at radius 3 is 2.86 bits per heavy atom. The number of likely N-dealkylation sites (tertiary alicyclic amines) is 1. The van der Waals surface area contributed by atoms with Gasteiger partial charge in [0.05, 0.1) is 13.4 Å². The van der Waals surface area contributed by atoms with Crippen LogP contribution in [0.5, 0.6) is 5.75 Å². The first-order valence-electron chi connectivity index (χ1n) is 7.24. The molecule has 1 N–H and O–H groups in total. The number of nitrogens with zero attached hydrogens (tertiary/aromatic N) is 1. The van der Waals surface area contributed by atoms with Gasteiger partial charge >= 0.3 is 0 Å². The molecule has 1 saturated heterocycles. The van der Waals surface area contributed by atoms with Gasteiger partial charge < -0.3 is 4.74 Å². The van der Waals surface area contributed by atoms with Crippen molar-refractivity contribution < 1.29 is 13.2 Å². The van der Waals surface area contributed by atoms with E-state index in [1.807, 2.05) is 18.2 Å². The summed E-state index contributed by atoms with van der Waals surface area (Å²) < 4.78 is 30.8. The van der Waals surface area contributed by atoms with E-state index < -0.39 is 10.0 Å². The number of hydrogen-bond acceptors (Lipinski definition) is 4. The van der Waals surface area contributed by atoms with Crippen molar-refractivity contribution in [2.75, 3.05) is 26.5 Å². The molecule has 1 aromatic rings. The van der Waals surface area contributed by atoms with E-state index >= 15 is 0 Å². The van der Waals surface area contributed by atoms with E-state index in [4.69, 9.17) is 4.74 Å². The number of rotatable bonds is 5. The molecule has 2 unspecified atom stereocenters. The monoisotopic (exact) mass is 312 g/mol. The fraction of sp³-hybridized carbons (Fsp3) is 0.600. The van der Waals surface area contributed by atoms with E-state index in [1.165, 1.54) is 11.8 Å². The highest BCUT2D eigenvalue weighted by atomic mass is 32.2. The summed E-state index contributed by atoms with van der Waals surface area (Å²) in [4.78, 5) is 2.32. The van der Waals surface area contributed by atoms with Crippen LogP contribution in [0.15, 0.2) is 24.3 Å². The van der Waals surface area contributed by atoms with Crippen LogP contribution in [0.1, 0.15) is 31.4 Å². The quantitative estimate of drug-likeness (QED) is 0.900. The lowest BCUT2D eigenvalue weighted by molar-refractivity contribution is 0.154. The highest BCUT2D eigenvalue weighted by molar-refractivity contribution is 7.88. The van der Waals surface area contributed by atoms with Gasteiger partial charge in [0.2, 0.25) is 10.0 Å². The molecule has 2 atom stereocenters. The molecule has 1 heterocycles. The molecule has 0 aliphatic carbocycles. The maximum atomic E-state index is 11.4. The van der Waals surface area contributed by atoms with Crippen molar-refractivity contribution in [2.24, 2.45) is 0 Å². The molecule has 0 bridgehead atoms. The third-order valence-electron chi connectivity index (χ3n) is 3.96. The summed E-state index contributed by atoms with van der Waals surface area (Å²) in [5.41, 5.74) is 1.19. The van der Waals surface area contributed by atoms with Crippen LogP contribution in [0.3, 0.4) is 0 Å². The molecule has 0 radical (unpaired) electrons. The van der Waals surface area contributed by atoms with E-state index in [9.17, 15) is 8.42 Å². The lowest BCUT2D eigenvalue weighted by Crippen LogP contribution is -2.47. The van der Waals surface area contributed by atoms with Crippen LogP contribution in [0, 0.1) is 0 Å². The fourth-order valence-electron chi connectivity index (χ4n) is 2.87. The third-order valence-corrected chi connectivity index (χ3v) is 4.72. The minimum Gasteiger partial charge on any atom is -0.497 e. The maximum Gasteiger partial charge on any atom is 0.208 e. The molecule has 6 heteroatoms. The molecule has 1 aliphatic heterocycles. The number of sulfonamides is 1.